The number of carbonyl (C=O) groups is 1. The van der Waals surface area contributed by atoms with Gasteiger partial charge in [0.05, 0.1) is 17.3 Å². The Hall–Kier alpha value is -1.79. The van der Waals surface area contributed by atoms with Crippen LogP contribution in [0.1, 0.15) is 43.6 Å². The normalized spacial score (nSPS) is 44.3. The van der Waals surface area contributed by atoms with E-state index in [9.17, 15) is 9.90 Å². The number of aliphatic hydroxyl groups excluding tert-OH is 1. The molecule has 26 heavy (non-hydrogen) atoms. The first kappa shape index (κ1) is 14.3. The summed E-state index contributed by atoms with van der Waals surface area (Å²) in [6.07, 6.45) is 3.93. The van der Waals surface area contributed by atoms with E-state index in [4.69, 9.17) is 9.47 Å². The number of anilines is 1. The van der Waals surface area contributed by atoms with Crippen molar-refractivity contribution in [2.75, 3.05) is 24.8 Å². The number of benzene rings is 1. The third-order valence-electron chi connectivity index (χ3n) is 8.32. The zero-order valence-electron chi connectivity index (χ0n) is 14.6. The lowest BCUT2D eigenvalue weighted by molar-refractivity contribution is -0.148. The summed E-state index contributed by atoms with van der Waals surface area (Å²) in [5.41, 5.74) is 1.84. The van der Waals surface area contributed by atoms with Crippen LogP contribution in [0.25, 0.3) is 0 Å². The molecule has 5 atom stereocenters. The largest absolute Gasteiger partial charge is 0.454 e. The highest BCUT2D eigenvalue weighted by atomic mass is 16.7. The monoisotopic (exact) mass is 354 g/mol. The third kappa shape index (κ3) is 1.28. The zero-order chi connectivity index (χ0) is 17.3. The smallest absolute Gasteiger partial charge is 0.231 e. The Kier molecular flexibility index (Phi) is 2.31. The van der Waals surface area contributed by atoms with Crippen molar-refractivity contribution in [3.8, 4) is 11.5 Å². The molecule has 1 spiro atoms. The Morgan fingerprint density at radius 3 is 2.81 bits per heavy atom. The molecule has 1 saturated carbocycles. The number of hydrogen-bond donors (Lipinski definition) is 1. The predicted molar refractivity (Wildman–Crippen MR) is 92.4 cm³/mol. The van der Waals surface area contributed by atoms with Gasteiger partial charge in [0, 0.05) is 36.4 Å². The first-order valence-corrected chi connectivity index (χ1v) is 9.84. The van der Waals surface area contributed by atoms with Crippen LogP contribution < -0.4 is 14.4 Å². The Bertz CT molecular complexity index is 872. The third-order valence-corrected chi connectivity index (χ3v) is 8.32. The first-order chi connectivity index (χ1) is 12.6. The molecule has 2 bridgehead atoms. The fourth-order valence-corrected chi connectivity index (χ4v) is 7.58. The van der Waals surface area contributed by atoms with Gasteiger partial charge in [0.15, 0.2) is 11.5 Å². The van der Waals surface area contributed by atoms with Crippen molar-refractivity contribution < 1.29 is 19.4 Å². The molecule has 5 heterocycles. The molecule has 5 aliphatic heterocycles. The molecule has 6 heteroatoms. The minimum Gasteiger partial charge on any atom is -0.454 e. The van der Waals surface area contributed by atoms with Crippen molar-refractivity contribution in [2.24, 2.45) is 5.41 Å². The number of hydrogen-bond acceptors (Lipinski definition) is 5. The van der Waals surface area contributed by atoms with Crippen molar-refractivity contribution in [2.45, 2.75) is 55.7 Å². The molecule has 0 unspecified atom stereocenters. The van der Waals surface area contributed by atoms with E-state index in [0.29, 0.717) is 12.3 Å². The second kappa shape index (κ2) is 4.20. The lowest BCUT2D eigenvalue weighted by Gasteiger charge is -2.62. The van der Waals surface area contributed by atoms with Crippen LogP contribution in [0.4, 0.5) is 5.69 Å². The minimum atomic E-state index is -0.353. The summed E-state index contributed by atoms with van der Waals surface area (Å²) in [6.45, 7) is 2.26. The average molecular weight is 354 g/mol. The van der Waals surface area contributed by atoms with Crippen LogP contribution >= 0.6 is 0 Å². The van der Waals surface area contributed by atoms with Gasteiger partial charge < -0.3 is 19.5 Å². The second-order valence-corrected chi connectivity index (χ2v) is 8.98. The summed E-state index contributed by atoms with van der Waals surface area (Å²) in [5.74, 6) is 2.08. The van der Waals surface area contributed by atoms with Gasteiger partial charge in [-0.1, -0.05) is 0 Å². The van der Waals surface area contributed by atoms with Gasteiger partial charge in [-0.25, -0.2) is 0 Å². The van der Waals surface area contributed by atoms with Gasteiger partial charge in [-0.05, 0) is 43.9 Å². The Morgan fingerprint density at radius 1 is 1.12 bits per heavy atom. The maximum atomic E-state index is 13.4. The van der Waals surface area contributed by atoms with Crippen molar-refractivity contribution in [3.63, 3.8) is 0 Å². The number of fused-ring (bicyclic) bond motifs is 4. The van der Waals surface area contributed by atoms with Gasteiger partial charge in [0.25, 0.3) is 0 Å². The SMILES string of the molecule is O=C1C[C@@]23CC[C@@]45[C@@H](CCN(CC[C@@H]2O)[C@@H]34)c2cc3c(cc2N15)OCO3. The number of nitrogens with zero attached hydrogens (tertiary/aromatic N) is 2. The molecular weight excluding hydrogens is 332 g/mol. The van der Waals surface area contributed by atoms with E-state index in [1.165, 1.54) is 5.56 Å². The predicted octanol–water partition coefficient (Wildman–Crippen LogP) is 1.61. The number of ether oxygens (including phenoxy) is 2. The molecule has 1 N–H and O–H groups in total. The molecule has 4 fully saturated rings. The van der Waals surface area contributed by atoms with E-state index in [-0.39, 0.29) is 35.8 Å². The molecule has 0 aromatic heterocycles. The molecule has 7 rings (SSSR count). The van der Waals surface area contributed by atoms with Crippen molar-refractivity contribution >= 4 is 11.6 Å². The molecular formula is C20H22N2O4. The molecule has 136 valence electrons. The number of aliphatic hydroxyl groups is 1. The van der Waals surface area contributed by atoms with E-state index < -0.39 is 0 Å². The lowest BCUT2D eigenvalue weighted by atomic mass is 9.60. The zero-order valence-corrected chi connectivity index (χ0v) is 14.6. The summed E-state index contributed by atoms with van der Waals surface area (Å²) in [6, 6.07) is 4.43. The molecule has 3 saturated heterocycles. The van der Waals surface area contributed by atoms with E-state index >= 15 is 0 Å². The quantitative estimate of drug-likeness (QED) is 0.767. The van der Waals surface area contributed by atoms with Crippen molar-refractivity contribution in [1.82, 2.24) is 4.90 Å². The van der Waals surface area contributed by atoms with E-state index in [2.05, 4.69) is 15.9 Å². The van der Waals surface area contributed by atoms with Crippen LogP contribution in [0.15, 0.2) is 12.1 Å². The fraction of sp³-hybridized carbons (Fsp3) is 0.650. The lowest BCUT2D eigenvalue weighted by Crippen LogP contribution is -2.75. The molecule has 6 nitrogen and oxygen atoms in total. The van der Waals surface area contributed by atoms with Gasteiger partial charge in [-0.3, -0.25) is 9.69 Å². The Balaban J connectivity index is 1.50. The second-order valence-electron chi connectivity index (χ2n) is 8.98. The van der Waals surface area contributed by atoms with Gasteiger partial charge in [0.2, 0.25) is 12.7 Å². The summed E-state index contributed by atoms with van der Waals surface area (Å²) in [4.78, 5) is 18.1. The minimum absolute atomic E-state index is 0.184. The number of piperidine rings is 3. The molecule has 1 aromatic rings. The number of amides is 1. The molecule has 1 amide bonds. The summed E-state index contributed by atoms with van der Waals surface area (Å²) in [7, 11) is 0. The van der Waals surface area contributed by atoms with Crippen molar-refractivity contribution in [3.05, 3.63) is 17.7 Å². The van der Waals surface area contributed by atoms with Crippen LogP contribution in [-0.4, -0.2) is 53.5 Å². The molecule has 0 radical (unpaired) electrons. The highest BCUT2D eigenvalue weighted by molar-refractivity contribution is 6.01. The fourth-order valence-electron chi connectivity index (χ4n) is 7.58. The molecule has 1 aromatic carbocycles. The number of rotatable bonds is 0. The molecule has 1 aliphatic carbocycles. The molecule has 6 aliphatic rings. The summed E-state index contributed by atoms with van der Waals surface area (Å²) in [5, 5.41) is 11.0. The van der Waals surface area contributed by atoms with Crippen LogP contribution in [-0.2, 0) is 4.79 Å². The van der Waals surface area contributed by atoms with E-state index in [0.717, 1.165) is 56.0 Å². The first-order valence-electron chi connectivity index (χ1n) is 9.84. The van der Waals surface area contributed by atoms with Gasteiger partial charge >= 0.3 is 0 Å². The topological polar surface area (TPSA) is 62.2 Å². The van der Waals surface area contributed by atoms with E-state index in [1.807, 2.05) is 6.07 Å². The number of carbonyl (C=O) groups excluding carboxylic acids is 1. The standard InChI is InChI=1S/C20H22N2O4/c23-16-2-6-21-5-1-12-11-7-14-15(26-10-25-14)8-13(11)22-17(24)9-19(16)3-4-20(12,22)18(19)21/h7-8,12,16,18,23H,1-6,9-10H2/t12-,16-,18-,19-,20+/m0/s1. The van der Waals surface area contributed by atoms with Crippen LogP contribution in [0.3, 0.4) is 0 Å². The van der Waals surface area contributed by atoms with Crippen LogP contribution in [0.5, 0.6) is 11.5 Å². The van der Waals surface area contributed by atoms with Gasteiger partial charge in [-0.15, -0.1) is 0 Å². The Labute approximate surface area is 151 Å². The summed E-state index contributed by atoms with van der Waals surface area (Å²) >= 11 is 0. The Morgan fingerprint density at radius 2 is 1.92 bits per heavy atom. The van der Waals surface area contributed by atoms with Crippen molar-refractivity contribution in [1.29, 1.82) is 0 Å². The maximum absolute atomic E-state index is 13.4. The van der Waals surface area contributed by atoms with E-state index in [1.54, 1.807) is 0 Å². The highest BCUT2D eigenvalue weighted by Gasteiger charge is 2.75. The average Bonchev–Trinajstić information content (AvgIpc) is 3.27. The van der Waals surface area contributed by atoms with Gasteiger partial charge in [-0.2, -0.15) is 0 Å². The highest BCUT2D eigenvalue weighted by Crippen LogP contribution is 2.70. The van der Waals surface area contributed by atoms with Crippen LogP contribution in [0, 0.1) is 5.41 Å². The van der Waals surface area contributed by atoms with Gasteiger partial charge in [0.1, 0.15) is 0 Å². The van der Waals surface area contributed by atoms with Crippen LogP contribution in [0.2, 0.25) is 0 Å². The maximum Gasteiger partial charge on any atom is 0.231 e. The summed E-state index contributed by atoms with van der Waals surface area (Å²) < 4.78 is 11.2.